The van der Waals surface area contributed by atoms with Gasteiger partial charge in [-0.05, 0) is 60.5 Å². The zero-order valence-corrected chi connectivity index (χ0v) is 18.6. The summed E-state index contributed by atoms with van der Waals surface area (Å²) >= 11 is 5.82. The molecular formula is C24H20ClNO4S. The van der Waals surface area contributed by atoms with E-state index in [4.69, 9.17) is 21.1 Å². The topological polar surface area (TPSA) is 76.4 Å². The number of nitriles is 1. The molecule has 158 valence electrons. The highest BCUT2D eigenvalue weighted by atomic mass is 35.5. The molecule has 0 aliphatic heterocycles. The van der Waals surface area contributed by atoms with E-state index >= 15 is 0 Å². The average molecular weight is 454 g/mol. The highest BCUT2D eigenvalue weighted by Crippen LogP contribution is 2.31. The number of methoxy groups -OCH3 is 1. The molecule has 0 unspecified atom stereocenters. The summed E-state index contributed by atoms with van der Waals surface area (Å²) in [5.74, 6) is 0.946. The minimum atomic E-state index is -3.98. The minimum absolute atomic E-state index is 0.00489. The Morgan fingerprint density at radius 2 is 1.71 bits per heavy atom. The van der Waals surface area contributed by atoms with Crippen LogP contribution in [0.25, 0.3) is 6.08 Å². The van der Waals surface area contributed by atoms with Crippen molar-refractivity contribution >= 4 is 27.5 Å². The molecule has 0 N–H and O–H groups in total. The fourth-order valence-electron chi connectivity index (χ4n) is 2.80. The Morgan fingerprint density at radius 3 is 2.32 bits per heavy atom. The first-order chi connectivity index (χ1) is 14.8. The van der Waals surface area contributed by atoms with Gasteiger partial charge in [0.1, 0.15) is 17.6 Å². The second-order valence-electron chi connectivity index (χ2n) is 6.76. The van der Waals surface area contributed by atoms with Crippen molar-refractivity contribution in [1.29, 1.82) is 5.26 Å². The Hall–Kier alpha value is -3.27. The van der Waals surface area contributed by atoms with Crippen molar-refractivity contribution in [3.05, 3.63) is 93.3 Å². The van der Waals surface area contributed by atoms with Gasteiger partial charge in [0.2, 0.25) is 9.84 Å². The first-order valence-corrected chi connectivity index (χ1v) is 11.2. The summed E-state index contributed by atoms with van der Waals surface area (Å²) in [5, 5.41) is 9.88. The van der Waals surface area contributed by atoms with Crippen LogP contribution in [0, 0.1) is 18.3 Å². The predicted molar refractivity (Wildman–Crippen MR) is 121 cm³/mol. The highest BCUT2D eigenvalue weighted by molar-refractivity contribution is 7.95. The molecule has 3 aromatic carbocycles. The Balaban J connectivity index is 1.86. The van der Waals surface area contributed by atoms with Crippen LogP contribution in [-0.4, -0.2) is 15.5 Å². The third-order valence-corrected chi connectivity index (χ3v) is 6.46. The van der Waals surface area contributed by atoms with Crippen LogP contribution in [0.1, 0.15) is 16.7 Å². The van der Waals surface area contributed by atoms with Crippen LogP contribution < -0.4 is 9.47 Å². The Morgan fingerprint density at radius 1 is 1.03 bits per heavy atom. The van der Waals surface area contributed by atoms with E-state index in [-0.39, 0.29) is 9.80 Å². The van der Waals surface area contributed by atoms with Crippen molar-refractivity contribution in [2.45, 2.75) is 18.4 Å². The van der Waals surface area contributed by atoms with Gasteiger partial charge >= 0.3 is 0 Å². The molecule has 0 aromatic heterocycles. The van der Waals surface area contributed by atoms with Crippen molar-refractivity contribution in [1.82, 2.24) is 0 Å². The van der Waals surface area contributed by atoms with Crippen LogP contribution >= 0.6 is 11.6 Å². The molecule has 0 spiro atoms. The summed E-state index contributed by atoms with van der Waals surface area (Å²) in [6.45, 7) is 2.38. The third kappa shape index (κ3) is 5.46. The number of rotatable bonds is 7. The maximum atomic E-state index is 12.8. The van der Waals surface area contributed by atoms with Gasteiger partial charge in [0.05, 0.1) is 12.0 Å². The summed E-state index contributed by atoms with van der Waals surface area (Å²) < 4.78 is 36.8. The number of halogens is 1. The van der Waals surface area contributed by atoms with Crippen molar-refractivity contribution < 1.29 is 17.9 Å². The van der Waals surface area contributed by atoms with E-state index < -0.39 is 9.84 Å². The summed E-state index contributed by atoms with van der Waals surface area (Å²) in [6, 6.07) is 20.4. The molecule has 0 fully saturated rings. The van der Waals surface area contributed by atoms with Crippen LogP contribution in [0.5, 0.6) is 11.5 Å². The van der Waals surface area contributed by atoms with Gasteiger partial charge in [0.15, 0.2) is 11.5 Å². The summed E-state index contributed by atoms with van der Waals surface area (Å²) in [5.41, 5.74) is 2.67. The number of sulfone groups is 1. The molecule has 0 aliphatic rings. The summed E-state index contributed by atoms with van der Waals surface area (Å²) in [7, 11) is -2.48. The van der Waals surface area contributed by atoms with Crippen LogP contribution in [0.2, 0.25) is 5.02 Å². The Kier molecular flexibility index (Phi) is 7.01. The first kappa shape index (κ1) is 22.4. The van der Waals surface area contributed by atoms with E-state index in [2.05, 4.69) is 0 Å². The number of aryl methyl sites for hydroxylation is 1. The normalized spacial score (nSPS) is 11.6. The van der Waals surface area contributed by atoms with Gasteiger partial charge in [-0.15, -0.1) is 0 Å². The highest BCUT2D eigenvalue weighted by Gasteiger charge is 2.21. The fraction of sp³-hybridized carbons (Fsp3) is 0.125. The van der Waals surface area contributed by atoms with E-state index in [1.807, 2.05) is 31.2 Å². The predicted octanol–water partition coefficient (Wildman–Crippen LogP) is 5.57. The molecule has 0 saturated carbocycles. The number of benzene rings is 3. The molecular weight excluding hydrogens is 434 g/mol. The molecule has 0 heterocycles. The summed E-state index contributed by atoms with van der Waals surface area (Å²) in [4.78, 5) is -0.389. The lowest BCUT2D eigenvalue weighted by atomic mass is 10.1. The molecule has 3 rings (SSSR count). The molecule has 0 saturated heterocycles. The lowest BCUT2D eigenvalue weighted by molar-refractivity contribution is 0.284. The van der Waals surface area contributed by atoms with E-state index in [0.717, 1.165) is 5.56 Å². The number of nitrogens with zero attached hydrogens (tertiary/aromatic N) is 1. The minimum Gasteiger partial charge on any atom is -0.493 e. The number of hydrogen-bond donors (Lipinski definition) is 0. The molecule has 0 bridgehead atoms. The van der Waals surface area contributed by atoms with Gasteiger partial charge in [0.25, 0.3) is 0 Å². The number of hydrogen-bond acceptors (Lipinski definition) is 5. The molecule has 0 atom stereocenters. The molecule has 0 radical (unpaired) electrons. The molecule has 31 heavy (non-hydrogen) atoms. The monoisotopic (exact) mass is 453 g/mol. The second kappa shape index (κ2) is 9.69. The number of allylic oxidation sites excluding steroid dienone is 1. The van der Waals surface area contributed by atoms with Crippen LogP contribution in [-0.2, 0) is 16.4 Å². The zero-order valence-electron chi connectivity index (χ0n) is 17.0. The Labute approximate surface area is 187 Å². The lowest BCUT2D eigenvalue weighted by Gasteiger charge is -2.12. The quantitative estimate of drug-likeness (QED) is 0.437. The van der Waals surface area contributed by atoms with Crippen molar-refractivity contribution in [2.75, 3.05) is 7.11 Å². The van der Waals surface area contributed by atoms with Crippen molar-refractivity contribution in [3.63, 3.8) is 0 Å². The first-order valence-electron chi connectivity index (χ1n) is 9.32. The second-order valence-corrected chi connectivity index (χ2v) is 9.12. The van der Waals surface area contributed by atoms with Crippen molar-refractivity contribution in [3.8, 4) is 17.6 Å². The van der Waals surface area contributed by atoms with Crippen LogP contribution in [0.4, 0.5) is 0 Å². The SMILES string of the molecule is COc1cc(C=C(C#N)S(=O)(=O)c2ccc(Cl)cc2)ccc1OCc1ccc(C)cc1. The Bertz CT molecular complexity index is 1240. The fourth-order valence-corrected chi connectivity index (χ4v) is 4.09. The molecule has 5 nitrogen and oxygen atoms in total. The van der Waals surface area contributed by atoms with Gasteiger partial charge in [-0.3, -0.25) is 0 Å². The summed E-state index contributed by atoms with van der Waals surface area (Å²) in [6.07, 6.45) is 1.30. The average Bonchev–Trinajstić information content (AvgIpc) is 2.77. The van der Waals surface area contributed by atoms with Gasteiger partial charge < -0.3 is 9.47 Å². The molecule has 0 aliphatic carbocycles. The molecule has 3 aromatic rings. The maximum absolute atomic E-state index is 12.8. The lowest BCUT2D eigenvalue weighted by Crippen LogP contribution is -2.03. The van der Waals surface area contributed by atoms with Crippen molar-refractivity contribution in [2.24, 2.45) is 0 Å². The van der Waals surface area contributed by atoms with E-state index in [0.29, 0.717) is 28.7 Å². The standard InChI is InChI=1S/C24H20ClNO4S/c1-17-3-5-18(6-4-17)16-30-23-12-7-19(14-24(23)29-2)13-22(15-26)31(27,28)21-10-8-20(25)9-11-21/h3-14H,16H2,1-2H3. The molecule has 7 heteroatoms. The van der Waals surface area contributed by atoms with Gasteiger partial charge in [-0.2, -0.15) is 5.26 Å². The smallest absolute Gasteiger partial charge is 0.216 e. The largest absolute Gasteiger partial charge is 0.493 e. The van der Waals surface area contributed by atoms with Gasteiger partial charge in [-0.1, -0.05) is 47.5 Å². The number of ether oxygens (including phenoxy) is 2. The maximum Gasteiger partial charge on any atom is 0.216 e. The van der Waals surface area contributed by atoms with Gasteiger partial charge in [0, 0.05) is 5.02 Å². The van der Waals surface area contributed by atoms with Crippen LogP contribution in [0.15, 0.2) is 76.5 Å². The molecule has 0 amide bonds. The van der Waals surface area contributed by atoms with Crippen LogP contribution in [0.3, 0.4) is 0 Å². The third-order valence-electron chi connectivity index (χ3n) is 4.52. The van der Waals surface area contributed by atoms with E-state index in [1.54, 1.807) is 24.3 Å². The zero-order chi connectivity index (χ0) is 22.4. The van der Waals surface area contributed by atoms with E-state index in [1.165, 1.54) is 43.0 Å². The van der Waals surface area contributed by atoms with Gasteiger partial charge in [-0.25, -0.2) is 8.42 Å². The van der Waals surface area contributed by atoms with E-state index in [9.17, 15) is 13.7 Å².